The van der Waals surface area contributed by atoms with E-state index in [0.29, 0.717) is 17.9 Å². The van der Waals surface area contributed by atoms with Gasteiger partial charge in [0, 0.05) is 12.0 Å². The largest absolute Gasteiger partial charge is 0.353 e. The molecule has 0 aromatic heterocycles. The lowest BCUT2D eigenvalue weighted by molar-refractivity contribution is -0.124. The smallest absolute Gasteiger partial charge is 0.223 e. The van der Waals surface area contributed by atoms with E-state index in [1.54, 1.807) is 0 Å². The molecule has 1 amide bonds. The van der Waals surface area contributed by atoms with Gasteiger partial charge in [0.05, 0.1) is 0 Å². The number of piperidine rings is 1. The van der Waals surface area contributed by atoms with Gasteiger partial charge in [-0.05, 0) is 31.1 Å². The van der Waals surface area contributed by atoms with Gasteiger partial charge in [0.1, 0.15) is 0 Å². The van der Waals surface area contributed by atoms with Crippen molar-refractivity contribution in [3.8, 4) is 0 Å². The van der Waals surface area contributed by atoms with Gasteiger partial charge in [0.25, 0.3) is 0 Å². The summed E-state index contributed by atoms with van der Waals surface area (Å²) in [6, 6.07) is 0.549. The molecule has 54 valence electrons. The summed E-state index contributed by atoms with van der Waals surface area (Å²) < 4.78 is 0. The number of rotatable bonds is 0. The zero-order valence-electron chi connectivity index (χ0n) is 5.84. The van der Waals surface area contributed by atoms with E-state index in [1.165, 1.54) is 19.3 Å². The lowest BCUT2D eigenvalue weighted by Crippen LogP contribution is -2.39. The topological polar surface area (TPSA) is 29.1 Å². The molecule has 1 saturated heterocycles. The van der Waals surface area contributed by atoms with E-state index >= 15 is 0 Å². The summed E-state index contributed by atoms with van der Waals surface area (Å²) in [6.45, 7) is 0. The van der Waals surface area contributed by atoms with Gasteiger partial charge in [-0.25, -0.2) is 0 Å². The van der Waals surface area contributed by atoms with Gasteiger partial charge in [0.2, 0.25) is 5.91 Å². The third kappa shape index (κ3) is 0.446. The molecule has 0 spiro atoms. The average molecular weight is 137 g/mol. The summed E-state index contributed by atoms with van der Waals surface area (Å²) in [5.74, 6) is 2.38. The van der Waals surface area contributed by atoms with Crippen molar-refractivity contribution < 1.29 is 4.79 Å². The second kappa shape index (κ2) is 1.39. The summed E-state index contributed by atoms with van der Waals surface area (Å²) >= 11 is 0. The maximum absolute atomic E-state index is 11.2. The summed E-state index contributed by atoms with van der Waals surface area (Å²) in [4.78, 5) is 11.2. The molecule has 2 saturated carbocycles. The fourth-order valence-electron chi connectivity index (χ4n) is 2.82. The minimum Gasteiger partial charge on any atom is -0.353 e. The molecule has 3 aliphatic rings. The first-order chi connectivity index (χ1) is 4.86. The van der Waals surface area contributed by atoms with E-state index in [-0.39, 0.29) is 0 Å². The van der Waals surface area contributed by atoms with Crippen LogP contribution in [0.1, 0.15) is 19.3 Å². The van der Waals surface area contributed by atoms with Crippen LogP contribution in [0, 0.1) is 17.8 Å². The Kier molecular flexibility index (Phi) is 0.715. The minimum absolute atomic E-state index is 0.351. The van der Waals surface area contributed by atoms with Gasteiger partial charge >= 0.3 is 0 Å². The Hall–Kier alpha value is -0.530. The SMILES string of the molecule is O=C1NC2CCC3C(C2)C13. The molecular weight excluding hydrogens is 126 g/mol. The van der Waals surface area contributed by atoms with Crippen LogP contribution in [0.15, 0.2) is 0 Å². The predicted molar refractivity (Wildman–Crippen MR) is 36.3 cm³/mol. The molecule has 3 fully saturated rings. The van der Waals surface area contributed by atoms with Crippen LogP contribution < -0.4 is 5.32 Å². The molecule has 10 heavy (non-hydrogen) atoms. The van der Waals surface area contributed by atoms with Crippen LogP contribution in [0.4, 0.5) is 0 Å². The highest BCUT2D eigenvalue weighted by molar-refractivity contribution is 5.84. The molecule has 2 aliphatic carbocycles. The molecule has 4 atom stereocenters. The highest BCUT2D eigenvalue weighted by Gasteiger charge is 2.59. The van der Waals surface area contributed by atoms with Crippen molar-refractivity contribution in [2.24, 2.45) is 17.8 Å². The van der Waals surface area contributed by atoms with Crippen LogP contribution in [0.2, 0.25) is 0 Å². The predicted octanol–water partition coefficient (Wildman–Crippen LogP) is 0.531. The van der Waals surface area contributed by atoms with E-state index in [0.717, 1.165) is 11.8 Å². The monoisotopic (exact) mass is 137 g/mol. The normalized spacial score (nSPS) is 55.8. The lowest BCUT2D eigenvalue weighted by Gasteiger charge is -2.23. The van der Waals surface area contributed by atoms with Gasteiger partial charge in [-0.2, -0.15) is 0 Å². The van der Waals surface area contributed by atoms with Crippen molar-refractivity contribution in [1.82, 2.24) is 5.32 Å². The number of carbonyl (C=O) groups is 1. The summed E-state index contributed by atoms with van der Waals surface area (Å²) in [5.41, 5.74) is 0. The van der Waals surface area contributed by atoms with E-state index < -0.39 is 0 Å². The maximum Gasteiger partial charge on any atom is 0.223 e. The van der Waals surface area contributed by atoms with Gasteiger partial charge < -0.3 is 5.32 Å². The van der Waals surface area contributed by atoms with Crippen molar-refractivity contribution in [1.29, 1.82) is 0 Å². The first-order valence-electron chi connectivity index (χ1n) is 4.16. The van der Waals surface area contributed by atoms with Crippen LogP contribution in [0.25, 0.3) is 0 Å². The molecule has 2 nitrogen and oxygen atoms in total. The van der Waals surface area contributed by atoms with Crippen LogP contribution in [-0.4, -0.2) is 11.9 Å². The summed E-state index contributed by atoms with van der Waals surface area (Å²) in [7, 11) is 0. The molecule has 1 heterocycles. The molecule has 4 unspecified atom stereocenters. The van der Waals surface area contributed by atoms with Gasteiger partial charge in [-0.3, -0.25) is 4.79 Å². The highest BCUT2D eigenvalue weighted by atomic mass is 16.2. The Labute approximate surface area is 60.0 Å². The average Bonchev–Trinajstić information content (AvgIpc) is 2.62. The van der Waals surface area contributed by atoms with Crippen molar-refractivity contribution >= 4 is 5.91 Å². The zero-order valence-corrected chi connectivity index (χ0v) is 5.84. The van der Waals surface area contributed by atoms with E-state index in [1.807, 2.05) is 0 Å². The number of hydrogen-bond acceptors (Lipinski definition) is 1. The Morgan fingerprint density at radius 2 is 2.20 bits per heavy atom. The number of nitrogens with one attached hydrogen (secondary N) is 1. The molecule has 0 aromatic rings. The Morgan fingerprint density at radius 3 is 3.10 bits per heavy atom. The van der Waals surface area contributed by atoms with Gasteiger partial charge in [-0.15, -0.1) is 0 Å². The van der Waals surface area contributed by atoms with Crippen LogP contribution in [0.5, 0.6) is 0 Å². The quantitative estimate of drug-likeness (QED) is 0.518. The van der Waals surface area contributed by atoms with Crippen molar-refractivity contribution in [2.75, 3.05) is 0 Å². The van der Waals surface area contributed by atoms with E-state index in [2.05, 4.69) is 5.32 Å². The minimum atomic E-state index is 0.351. The maximum atomic E-state index is 11.2. The third-order valence-electron chi connectivity index (χ3n) is 3.39. The Bertz CT molecular complexity index is 195. The molecule has 0 radical (unpaired) electrons. The highest BCUT2D eigenvalue weighted by Crippen LogP contribution is 2.57. The number of amides is 1. The molecule has 1 N–H and O–H groups in total. The Morgan fingerprint density at radius 1 is 1.30 bits per heavy atom. The Balaban J connectivity index is 1.98. The standard InChI is InChI=1S/C8H11NO/c10-8-7-5-2-1-4(9-8)3-6(5)7/h4-7H,1-3H2,(H,9,10). The molecule has 0 aromatic carbocycles. The number of fused-ring (bicyclic) bond motifs is 2. The fourth-order valence-corrected chi connectivity index (χ4v) is 2.82. The summed E-state index contributed by atoms with van der Waals surface area (Å²) in [6.07, 6.45) is 3.82. The van der Waals surface area contributed by atoms with Crippen LogP contribution in [0.3, 0.4) is 0 Å². The van der Waals surface area contributed by atoms with Gasteiger partial charge in [0.15, 0.2) is 0 Å². The first-order valence-corrected chi connectivity index (χ1v) is 4.16. The molecule has 3 rings (SSSR count). The van der Waals surface area contributed by atoms with Crippen LogP contribution in [-0.2, 0) is 4.79 Å². The second-order valence-corrected chi connectivity index (χ2v) is 3.87. The molecule has 1 aliphatic heterocycles. The fraction of sp³-hybridized carbons (Fsp3) is 0.875. The van der Waals surface area contributed by atoms with Crippen LogP contribution >= 0.6 is 0 Å². The van der Waals surface area contributed by atoms with E-state index in [4.69, 9.17) is 0 Å². The molecule has 2 bridgehead atoms. The van der Waals surface area contributed by atoms with Crippen molar-refractivity contribution in [3.63, 3.8) is 0 Å². The number of carbonyl (C=O) groups excluding carboxylic acids is 1. The second-order valence-electron chi connectivity index (χ2n) is 3.87. The molecule has 2 heteroatoms. The number of hydrogen-bond donors (Lipinski definition) is 1. The third-order valence-corrected chi connectivity index (χ3v) is 3.39. The molecular formula is C8H11NO. The summed E-state index contributed by atoms with van der Waals surface area (Å²) in [5, 5.41) is 3.06. The van der Waals surface area contributed by atoms with Crippen molar-refractivity contribution in [3.05, 3.63) is 0 Å². The van der Waals surface area contributed by atoms with Crippen molar-refractivity contribution in [2.45, 2.75) is 25.3 Å². The lowest BCUT2D eigenvalue weighted by atomic mass is 9.95. The van der Waals surface area contributed by atoms with E-state index in [9.17, 15) is 4.79 Å². The first kappa shape index (κ1) is 5.16. The zero-order chi connectivity index (χ0) is 6.72. The van der Waals surface area contributed by atoms with Gasteiger partial charge in [-0.1, -0.05) is 0 Å².